The lowest BCUT2D eigenvalue weighted by Crippen LogP contribution is -2.15. The van der Waals surface area contributed by atoms with Crippen molar-refractivity contribution in [3.05, 3.63) is 24.3 Å². The third-order valence-electron chi connectivity index (χ3n) is 1.96. The second-order valence-electron chi connectivity index (χ2n) is 3.43. The van der Waals surface area contributed by atoms with Crippen LogP contribution in [0.15, 0.2) is 34.1 Å². The molecule has 100 valence electrons. The lowest BCUT2D eigenvalue weighted by molar-refractivity contribution is -0.145. The van der Waals surface area contributed by atoms with Crippen LogP contribution in [0.3, 0.4) is 0 Å². The maximum absolute atomic E-state index is 13.4. The minimum Gasteiger partial charge on any atom is -0.463 e. The molecule has 0 bridgehead atoms. The molecule has 0 saturated heterocycles. The molecule has 0 saturated carbocycles. The normalized spacial score (nSPS) is 13.1. The van der Waals surface area contributed by atoms with Gasteiger partial charge < -0.3 is 4.74 Å². The molecule has 1 unspecified atom stereocenters. The second kappa shape index (κ2) is 6.19. The number of rotatable bonds is 5. The molecule has 0 aliphatic heterocycles. The fraction of sp³-hybridized carbons (Fsp3) is 0.364. The van der Waals surface area contributed by atoms with Crippen LogP contribution in [0.4, 0.5) is 4.39 Å². The quantitative estimate of drug-likeness (QED) is 0.614. The summed E-state index contributed by atoms with van der Waals surface area (Å²) in [6.07, 6.45) is 1.09. The van der Waals surface area contributed by atoms with Crippen molar-refractivity contribution in [3.63, 3.8) is 0 Å². The number of ether oxygens (including phenoxy) is 1. The minimum absolute atomic E-state index is 0.118. The number of carbonyl (C=O) groups excluding carboxylic acids is 1. The molecular weight excluding hydrogens is 279 g/mol. The summed E-state index contributed by atoms with van der Waals surface area (Å²) in [5.74, 6) is -0.935. The van der Waals surface area contributed by atoms with Gasteiger partial charge in [-0.15, -0.1) is 0 Å². The van der Waals surface area contributed by atoms with Gasteiger partial charge in [-0.1, -0.05) is 11.8 Å². The zero-order chi connectivity index (χ0) is 13.8. The Bertz CT molecular complexity index is 510. The third kappa shape index (κ3) is 4.30. The van der Waals surface area contributed by atoms with E-state index in [-0.39, 0.29) is 11.5 Å². The van der Waals surface area contributed by atoms with Crippen molar-refractivity contribution >= 4 is 27.6 Å². The summed E-state index contributed by atoms with van der Waals surface area (Å²) in [5, 5.41) is 0. The Morgan fingerprint density at radius 1 is 1.39 bits per heavy atom. The average Bonchev–Trinajstić information content (AvgIpc) is 2.28. The molecule has 1 aromatic carbocycles. The van der Waals surface area contributed by atoms with Crippen molar-refractivity contribution in [3.8, 4) is 0 Å². The van der Waals surface area contributed by atoms with Crippen LogP contribution < -0.4 is 0 Å². The number of esters is 1. The molecule has 18 heavy (non-hydrogen) atoms. The van der Waals surface area contributed by atoms with Gasteiger partial charge in [-0.05, 0) is 31.2 Å². The minimum atomic E-state index is -3.27. The van der Waals surface area contributed by atoms with Crippen molar-refractivity contribution in [2.45, 2.75) is 22.2 Å². The van der Waals surface area contributed by atoms with Gasteiger partial charge in [-0.25, -0.2) is 17.6 Å². The van der Waals surface area contributed by atoms with Crippen molar-refractivity contribution < 1.29 is 22.3 Å². The molecule has 0 amide bonds. The molecule has 0 radical (unpaired) electrons. The van der Waals surface area contributed by atoms with E-state index in [1.807, 2.05) is 0 Å². The number of thioether (sulfide) groups is 1. The zero-order valence-electron chi connectivity index (χ0n) is 9.92. The molecule has 1 aromatic rings. The van der Waals surface area contributed by atoms with Gasteiger partial charge in [0.25, 0.3) is 0 Å². The Kier molecular flexibility index (Phi) is 5.15. The van der Waals surface area contributed by atoms with Crippen LogP contribution in [0.25, 0.3) is 0 Å². The Balaban J connectivity index is 2.73. The van der Waals surface area contributed by atoms with Crippen molar-refractivity contribution in [1.82, 2.24) is 0 Å². The van der Waals surface area contributed by atoms with E-state index in [9.17, 15) is 17.6 Å². The number of sulfone groups is 1. The smallest absolute Gasteiger partial charge is 0.351 e. The first kappa shape index (κ1) is 15.0. The first-order valence-electron chi connectivity index (χ1n) is 5.12. The number of halogens is 1. The van der Waals surface area contributed by atoms with Crippen LogP contribution in [0, 0.1) is 0 Å². The van der Waals surface area contributed by atoms with E-state index < -0.39 is 21.3 Å². The van der Waals surface area contributed by atoms with Crippen molar-refractivity contribution in [2.75, 3.05) is 12.9 Å². The van der Waals surface area contributed by atoms with E-state index in [4.69, 9.17) is 0 Å². The highest BCUT2D eigenvalue weighted by atomic mass is 32.2. The highest BCUT2D eigenvalue weighted by Crippen LogP contribution is 2.26. The number of alkyl halides is 1. The van der Waals surface area contributed by atoms with Crippen LogP contribution in [0.2, 0.25) is 0 Å². The fourth-order valence-corrected chi connectivity index (χ4v) is 2.47. The summed E-state index contributed by atoms with van der Waals surface area (Å²) in [6.45, 7) is 1.71. The van der Waals surface area contributed by atoms with Gasteiger partial charge in [-0.3, -0.25) is 0 Å². The average molecular weight is 292 g/mol. The lowest BCUT2D eigenvalue weighted by atomic mass is 10.4. The molecule has 1 rings (SSSR count). The highest BCUT2D eigenvalue weighted by Gasteiger charge is 2.20. The number of hydrogen-bond acceptors (Lipinski definition) is 5. The standard InChI is InChI=1S/C11H13FO4S2/c1-3-16-11(13)10(12)17-8-4-6-9(7-5-8)18(2,14)15/h4-7,10H,3H2,1-2H3. The van der Waals surface area contributed by atoms with Crippen LogP contribution in [0.5, 0.6) is 0 Å². The molecule has 0 aliphatic carbocycles. The van der Waals surface area contributed by atoms with Crippen LogP contribution in [-0.2, 0) is 19.4 Å². The van der Waals surface area contributed by atoms with Gasteiger partial charge in [0.15, 0.2) is 9.84 Å². The second-order valence-corrected chi connectivity index (χ2v) is 6.57. The molecule has 0 fully saturated rings. The number of carbonyl (C=O) groups is 1. The molecule has 0 aromatic heterocycles. The summed E-state index contributed by atoms with van der Waals surface area (Å²) in [6, 6.07) is 5.64. The summed E-state index contributed by atoms with van der Waals surface area (Å²) in [5.41, 5.74) is -1.81. The van der Waals surface area contributed by atoms with E-state index >= 15 is 0 Å². The molecule has 7 heteroatoms. The van der Waals surface area contributed by atoms with Gasteiger partial charge in [0.1, 0.15) is 0 Å². The SMILES string of the molecule is CCOC(=O)C(F)Sc1ccc(S(C)(=O)=O)cc1. The molecule has 0 spiro atoms. The topological polar surface area (TPSA) is 60.4 Å². The van der Waals surface area contributed by atoms with Crippen molar-refractivity contribution in [1.29, 1.82) is 0 Å². The van der Waals surface area contributed by atoms with Gasteiger partial charge in [0, 0.05) is 11.2 Å². The van der Waals surface area contributed by atoms with E-state index in [0.29, 0.717) is 16.7 Å². The first-order chi connectivity index (χ1) is 8.34. The van der Waals surface area contributed by atoms with Crippen molar-refractivity contribution in [2.24, 2.45) is 0 Å². The van der Waals surface area contributed by atoms with E-state index in [1.54, 1.807) is 6.92 Å². The van der Waals surface area contributed by atoms with Crippen LogP contribution in [-0.4, -0.2) is 32.8 Å². The largest absolute Gasteiger partial charge is 0.463 e. The number of hydrogen-bond donors (Lipinski definition) is 0. The van der Waals surface area contributed by atoms with E-state index in [1.165, 1.54) is 24.3 Å². The molecule has 4 nitrogen and oxygen atoms in total. The Labute approximate surface area is 109 Å². The van der Waals surface area contributed by atoms with Gasteiger partial charge in [-0.2, -0.15) is 0 Å². The molecular formula is C11H13FO4S2. The number of benzene rings is 1. The zero-order valence-corrected chi connectivity index (χ0v) is 11.6. The maximum Gasteiger partial charge on any atom is 0.351 e. The predicted octanol–water partition coefficient (Wildman–Crippen LogP) is 2.04. The Morgan fingerprint density at radius 2 is 1.94 bits per heavy atom. The summed E-state index contributed by atoms with van der Waals surface area (Å²) >= 11 is 0.675. The third-order valence-corrected chi connectivity index (χ3v) is 4.04. The van der Waals surface area contributed by atoms with Gasteiger partial charge >= 0.3 is 5.97 Å². The monoisotopic (exact) mass is 292 g/mol. The molecule has 0 heterocycles. The van der Waals surface area contributed by atoms with E-state index in [2.05, 4.69) is 4.74 Å². The Hall–Kier alpha value is -1.08. The van der Waals surface area contributed by atoms with Crippen LogP contribution in [0.1, 0.15) is 6.92 Å². The molecule has 0 N–H and O–H groups in total. The Morgan fingerprint density at radius 3 is 2.39 bits per heavy atom. The molecule has 1 atom stereocenters. The van der Waals surface area contributed by atoms with Gasteiger partial charge in [0.05, 0.1) is 11.5 Å². The molecule has 0 aliphatic rings. The lowest BCUT2D eigenvalue weighted by Gasteiger charge is -2.07. The highest BCUT2D eigenvalue weighted by molar-refractivity contribution is 8.00. The summed E-state index contributed by atoms with van der Waals surface area (Å²) in [7, 11) is -3.27. The van der Waals surface area contributed by atoms with Gasteiger partial charge in [0.2, 0.25) is 5.50 Å². The van der Waals surface area contributed by atoms with E-state index in [0.717, 1.165) is 6.26 Å². The fourth-order valence-electron chi connectivity index (χ4n) is 1.14. The van der Waals surface area contributed by atoms with Crippen LogP contribution >= 0.6 is 11.8 Å². The summed E-state index contributed by atoms with van der Waals surface area (Å²) < 4.78 is 40.3. The predicted molar refractivity (Wildman–Crippen MR) is 66.9 cm³/mol. The maximum atomic E-state index is 13.4. The summed E-state index contributed by atoms with van der Waals surface area (Å²) in [4.78, 5) is 11.7. The first-order valence-corrected chi connectivity index (χ1v) is 7.89.